The van der Waals surface area contributed by atoms with E-state index in [0.29, 0.717) is 0 Å². The second-order valence-electron chi connectivity index (χ2n) is 2.37. The van der Waals surface area contributed by atoms with Gasteiger partial charge in [0.05, 0.1) is 5.56 Å². The predicted octanol–water partition coefficient (Wildman–Crippen LogP) is 2.99. The summed E-state index contributed by atoms with van der Waals surface area (Å²) in [5.74, 6) is -1.35. The molecule has 0 bridgehead atoms. The predicted molar refractivity (Wildman–Crippen MR) is 38.6 cm³/mol. The van der Waals surface area contributed by atoms with Gasteiger partial charge in [-0.3, -0.25) is 4.79 Å². The zero-order valence-corrected chi connectivity index (χ0v) is 7.16. The van der Waals surface area contributed by atoms with Gasteiger partial charge < -0.3 is 4.42 Å². The zero-order chi connectivity index (χ0) is 10.2. The quantitative estimate of drug-likeness (QED) is 0.670. The van der Waals surface area contributed by atoms with Gasteiger partial charge in [0.15, 0.2) is 0 Å². The maximum atomic E-state index is 12.1. The molecule has 1 aromatic heterocycles. The third kappa shape index (κ3) is 2.03. The molecule has 0 N–H and O–H groups in total. The molecule has 0 atom stereocenters. The largest absolute Gasteiger partial charge is 0.456 e. The summed E-state index contributed by atoms with van der Waals surface area (Å²) < 4.78 is 40.7. The maximum absolute atomic E-state index is 12.1. The van der Waals surface area contributed by atoms with E-state index in [0.717, 1.165) is 6.07 Å². The van der Waals surface area contributed by atoms with E-state index in [-0.39, 0.29) is 5.76 Å². The first-order valence-corrected chi connectivity index (χ1v) is 3.57. The maximum Gasteiger partial charge on any atom is 0.450 e. The molecule has 0 radical (unpaired) electrons. The Bertz CT molecular complexity index is 340. The normalized spacial score (nSPS) is 11.8. The van der Waals surface area contributed by atoms with Gasteiger partial charge in [-0.05, 0) is 24.6 Å². The van der Waals surface area contributed by atoms with Gasteiger partial charge in [0, 0.05) is 0 Å². The summed E-state index contributed by atoms with van der Waals surface area (Å²) in [7, 11) is 0. The Morgan fingerprint density at radius 3 is 2.38 bits per heavy atom. The van der Waals surface area contributed by atoms with Crippen LogP contribution >= 0.6 is 11.6 Å². The molecule has 0 aliphatic rings. The van der Waals surface area contributed by atoms with E-state index in [1.54, 1.807) is 0 Å². The fourth-order valence-corrected chi connectivity index (χ4v) is 1.01. The highest BCUT2D eigenvalue weighted by atomic mass is 35.5. The van der Waals surface area contributed by atoms with Crippen LogP contribution < -0.4 is 0 Å². The molecule has 13 heavy (non-hydrogen) atoms. The van der Waals surface area contributed by atoms with Crippen LogP contribution in [0.2, 0.25) is 0 Å². The number of carbonyl (C=O) groups excluding carboxylic acids is 1. The van der Waals surface area contributed by atoms with Crippen molar-refractivity contribution in [2.45, 2.75) is 13.1 Å². The Hall–Kier alpha value is -0.970. The van der Waals surface area contributed by atoms with Crippen LogP contribution in [0.1, 0.15) is 21.9 Å². The number of alkyl halides is 3. The lowest BCUT2D eigenvalue weighted by Crippen LogP contribution is -2.07. The lowest BCUT2D eigenvalue weighted by atomic mass is 10.2. The third-order valence-corrected chi connectivity index (χ3v) is 1.53. The minimum Gasteiger partial charge on any atom is -0.456 e. The Morgan fingerprint density at radius 1 is 1.54 bits per heavy atom. The van der Waals surface area contributed by atoms with Gasteiger partial charge in [-0.15, -0.1) is 0 Å². The Labute approximate surface area is 76.3 Å². The van der Waals surface area contributed by atoms with Crippen LogP contribution in [0.5, 0.6) is 0 Å². The molecule has 2 nitrogen and oxygen atoms in total. The Morgan fingerprint density at radius 2 is 2.08 bits per heavy atom. The molecule has 1 heterocycles. The first kappa shape index (κ1) is 10.1. The molecule has 1 rings (SSSR count). The van der Waals surface area contributed by atoms with Crippen molar-refractivity contribution in [3.63, 3.8) is 0 Å². The molecule has 0 unspecified atom stereocenters. The van der Waals surface area contributed by atoms with Crippen molar-refractivity contribution in [1.82, 2.24) is 0 Å². The average Bonchev–Trinajstić information content (AvgIpc) is 2.29. The first-order valence-electron chi connectivity index (χ1n) is 3.20. The number of hydrogen-bond acceptors (Lipinski definition) is 2. The summed E-state index contributed by atoms with van der Waals surface area (Å²) in [5.41, 5.74) is -0.647. The van der Waals surface area contributed by atoms with Crippen molar-refractivity contribution in [2.24, 2.45) is 0 Å². The lowest BCUT2D eigenvalue weighted by Gasteiger charge is -2.02. The van der Waals surface area contributed by atoms with Crippen molar-refractivity contribution in [3.8, 4) is 0 Å². The van der Waals surface area contributed by atoms with E-state index in [2.05, 4.69) is 4.42 Å². The standard InChI is InChI=1S/C7H4ClF3O2/c1-3-2-4(6(8)12)5(13-3)7(9,10)11/h2H,1H3. The molecule has 1 aromatic rings. The van der Waals surface area contributed by atoms with E-state index in [9.17, 15) is 18.0 Å². The van der Waals surface area contributed by atoms with Crippen LogP contribution in [0.4, 0.5) is 13.2 Å². The van der Waals surface area contributed by atoms with Crippen molar-refractivity contribution in [3.05, 3.63) is 23.2 Å². The number of hydrogen-bond donors (Lipinski definition) is 0. The van der Waals surface area contributed by atoms with Crippen LogP contribution in [-0.2, 0) is 6.18 Å². The average molecular weight is 213 g/mol. The van der Waals surface area contributed by atoms with E-state index >= 15 is 0 Å². The third-order valence-electron chi connectivity index (χ3n) is 1.32. The summed E-state index contributed by atoms with van der Waals surface area (Å²) >= 11 is 4.93. The molecule has 0 amide bonds. The topological polar surface area (TPSA) is 30.2 Å². The molecule has 0 fully saturated rings. The van der Waals surface area contributed by atoms with E-state index < -0.39 is 22.7 Å². The van der Waals surface area contributed by atoms with E-state index in [1.807, 2.05) is 0 Å². The molecule has 0 aliphatic heterocycles. The summed E-state index contributed by atoms with van der Waals surface area (Å²) in [6.07, 6.45) is -4.69. The smallest absolute Gasteiger partial charge is 0.450 e. The monoisotopic (exact) mass is 212 g/mol. The van der Waals surface area contributed by atoms with Crippen molar-refractivity contribution >= 4 is 16.8 Å². The number of furan rings is 1. The van der Waals surface area contributed by atoms with Gasteiger partial charge in [0.1, 0.15) is 5.76 Å². The Kier molecular flexibility index (Phi) is 2.38. The van der Waals surface area contributed by atoms with E-state index in [1.165, 1.54) is 6.92 Å². The van der Waals surface area contributed by atoms with E-state index in [4.69, 9.17) is 11.6 Å². The number of halogens is 4. The lowest BCUT2D eigenvalue weighted by molar-refractivity contribution is -0.153. The van der Waals surface area contributed by atoms with Crippen LogP contribution in [0.25, 0.3) is 0 Å². The van der Waals surface area contributed by atoms with Crippen LogP contribution in [0.3, 0.4) is 0 Å². The number of rotatable bonds is 1. The highest BCUT2D eigenvalue weighted by Gasteiger charge is 2.39. The van der Waals surface area contributed by atoms with Crippen LogP contribution in [0, 0.1) is 6.92 Å². The number of aryl methyl sites for hydroxylation is 1. The van der Waals surface area contributed by atoms with Gasteiger partial charge in [-0.1, -0.05) is 0 Å². The number of carbonyl (C=O) groups is 1. The minimum absolute atomic E-state index is 0.00340. The van der Waals surface area contributed by atoms with Crippen LogP contribution in [0.15, 0.2) is 10.5 Å². The van der Waals surface area contributed by atoms with Gasteiger partial charge >= 0.3 is 6.18 Å². The van der Waals surface area contributed by atoms with Gasteiger partial charge in [-0.25, -0.2) is 0 Å². The second-order valence-corrected chi connectivity index (χ2v) is 2.71. The summed E-state index contributed by atoms with van der Waals surface area (Å²) in [6, 6.07) is 0.957. The van der Waals surface area contributed by atoms with Crippen molar-refractivity contribution in [2.75, 3.05) is 0 Å². The minimum atomic E-state index is -4.69. The fraction of sp³-hybridized carbons (Fsp3) is 0.286. The molecular formula is C7H4ClF3O2. The van der Waals surface area contributed by atoms with Crippen molar-refractivity contribution < 1.29 is 22.4 Å². The molecule has 0 spiro atoms. The zero-order valence-electron chi connectivity index (χ0n) is 6.41. The van der Waals surface area contributed by atoms with Gasteiger partial charge in [-0.2, -0.15) is 13.2 Å². The molecule has 0 saturated carbocycles. The first-order chi connectivity index (χ1) is 5.82. The fourth-order valence-electron chi connectivity index (χ4n) is 0.871. The molecule has 72 valence electrons. The molecular weight excluding hydrogens is 209 g/mol. The molecule has 0 aromatic carbocycles. The van der Waals surface area contributed by atoms with Crippen molar-refractivity contribution in [1.29, 1.82) is 0 Å². The van der Waals surface area contributed by atoms with Gasteiger partial charge in [0.2, 0.25) is 5.76 Å². The molecule has 0 saturated heterocycles. The highest BCUT2D eigenvalue weighted by Crippen LogP contribution is 2.34. The molecule has 6 heteroatoms. The van der Waals surface area contributed by atoms with Crippen LogP contribution in [-0.4, -0.2) is 5.24 Å². The second kappa shape index (κ2) is 3.06. The van der Waals surface area contributed by atoms with Gasteiger partial charge in [0.25, 0.3) is 5.24 Å². The SMILES string of the molecule is Cc1cc(C(=O)Cl)c(C(F)(F)F)o1. The highest BCUT2D eigenvalue weighted by molar-refractivity contribution is 6.67. The molecule has 0 aliphatic carbocycles. The summed E-state index contributed by atoms with van der Waals surface area (Å²) in [6.45, 7) is 1.30. The Balaban J connectivity index is 3.28. The summed E-state index contributed by atoms with van der Waals surface area (Å²) in [5, 5.41) is -1.18. The summed E-state index contributed by atoms with van der Waals surface area (Å²) in [4.78, 5) is 10.5.